The molecule has 2 heterocycles. The van der Waals surface area contributed by atoms with E-state index in [2.05, 4.69) is 17.5 Å². The number of hydrogen-bond acceptors (Lipinski definition) is 3. The normalized spacial score (nSPS) is 25.7. The zero-order valence-electron chi connectivity index (χ0n) is 10.0. The molecule has 1 N–H and O–H groups in total. The van der Waals surface area contributed by atoms with Crippen LogP contribution in [0.25, 0.3) is 6.08 Å². The fourth-order valence-electron chi connectivity index (χ4n) is 2.41. The van der Waals surface area contributed by atoms with E-state index >= 15 is 0 Å². The van der Waals surface area contributed by atoms with Gasteiger partial charge in [0.25, 0.3) is 0 Å². The Hall–Kier alpha value is -1.48. The van der Waals surface area contributed by atoms with Gasteiger partial charge in [0, 0.05) is 24.6 Å². The summed E-state index contributed by atoms with van der Waals surface area (Å²) in [5.74, 6) is 1.81. The molecule has 17 heavy (non-hydrogen) atoms. The summed E-state index contributed by atoms with van der Waals surface area (Å²) in [6.07, 6.45) is 5.36. The zero-order valence-corrected chi connectivity index (χ0v) is 10.0. The number of fused-ring (bicyclic) bond motifs is 1. The molecule has 0 bridgehead atoms. The maximum absolute atomic E-state index is 6.14. The van der Waals surface area contributed by atoms with E-state index in [1.165, 1.54) is 0 Å². The number of ether oxygens (including phenoxy) is 2. The highest BCUT2D eigenvalue weighted by Gasteiger charge is 2.35. The van der Waals surface area contributed by atoms with Crippen LogP contribution in [-0.4, -0.2) is 25.3 Å². The monoisotopic (exact) mass is 231 g/mol. The third-order valence-corrected chi connectivity index (χ3v) is 3.33. The fourth-order valence-corrected chi connectivity index (χ4v) is 2.41. The standard InChI is InChI=1S/C14H17NO2/c1-2-16-12-4-3-11-5-6-14(7-8-15-10-14)17-13(11)9-12/h3-6,9,15H,2,7-8,10H2,1H3/t14-/m1/s1. The number of benzene rings is 1. The van der Waals surface area contributed by atoms with Gasteiger partial charge in [-0.2, -0.15) is 0 Å². The number of rotatable bonds is 2. The molecule has 1 spiro atoms. The summed E-state index contributed by atoms with van der Waals surface area (Å²) < 4.78 is 11.6. The molecule has 1 fully saturated rings. The minimum absolute atomic E-state index is 0.141. The molecule has 3 heteroatoms. The van der Waals surface area contributed by atoms with Crippen LogP contribution in [-0.2, 0) is 0 Å². The highest BCUT2D eigenvalue weighted by molar-refractivity contribution is 5.62. The molecule has 0 saturated carbocycles. The van der Waals surface area contributed by atoms with E-state index in [1.807, 2.05) is 25.1 Å². The highest BCUT2D eigenvalue weighted by atomic mass is 16.5. The van der Waals surface area contributed by atoms with Crippen LogP contribution in [0.2, 0.25) is 0 Å². The Bertz CT molecular complexity index is 448. The molecule has 1 aromatic carbocycles. The minimum atomic E-state index is -0.141. The zero-order chi connectivity index (χ0) is 11.7. The third-order valence-electron chi connectivity index (χ3n) is 3.33. The molecule has 2 aliphatic heterocycles. The molecule has 0 unspecified atom stereocenters. The molecular formula is C14H17NO2. The van der Waals surface area contributed by atoms with E-state index in [9.17, 15) is 0 Å². The van der Waals surface area contributed by atoms with Crippen LogP contribution in [0.5, 0.6) is 11.5 Å². The van der Waals surface area contributed by atoms with Crippen molar-refractivity contribution in [3.05, 3.63) is 29.8 Å². The van der Waals surface area contributed by atoms with Crippen LogP contribution in [0.1, 0.15) is 18.9 Å². The van der Waals surface area contributed by atoms with Gasteiger partial charge in [-0.05, 0) is 31.7 Å². The lowest BCUT2D eigenvalue weighted by molar-refractivity contribution is 0.138. The Kier molecular flexibility index (Phi) is 2.56. The summed E-state index contributed by atoms with van der Waals surface area (Å²) in [5, 5.41) is 3.35. The summed E-state index contributed by atoms with van der Waals surface area (Å²) in [6.45, 7) is 4.58. The van der Waals surface area contributed by atoms with Crippen LogP contribution >= 0.6 is 0 Å². The summed E-state index contributed by atoms with van der Waals surface area (Å²) in [7, 11) is 0. The van der Waals surface area contributed by atoms with E-state index in [-0.39, 0.29) is 5.60 Å². The predicted octanol–water partition coefficient (Wildman–Crippen LogP) is 2.22. The maximum Gasteiger partial charge on any atom is 0.141 e. The second-order valence-corrected chi connectivity index (χ2v) is 4.56. The Labute approximate surface area is 101 Å². The van der Waals surface area contributed by atoms with E-state index < -0.39 is 0 Å². The van der Waals surface area contributed by atoms with Gasteiger partial charge in [0.15, 0.2) is 0 Å². The summed E-state index contributed by atoms with van der Waals surface area (Å²) in [6, 6.07) is 6.02. The van der Waals surface area contributed by atoms with E-state index in [0.29, 0.717) is 6.61 Å². The van der Waals surface area contributed by atoms with Gasteiger partial charge >= 0.3 is 0 Å². The Morgan fingerprint density at radius 3 is 3.18 bits per heavy atom. The largest absolute Gasteiger partial charge is 0.494 e. The van der Waals surface area contributed by atoms with Crippen molar-refractivity contribution in [3.8, 4) is 11.5 Å². The van der Waals surface area contributed by atoms with Crippen molar-refractivity contribution < 1.29 is 9.47 Å². The average Bonchev–Trinajstić information content (AvgIpc) is 2.77. The minimum Gasteiger partial charge on any atom is -0.494 e. The van der Waals surface area contributed by atoms with Crippen LogP contribution in [0.15, 0.2) is 24.3 Å². The fraction of sp³-hybridized carbons (Fsp3) is 0.429. The van der Waals surface area contributed by atoms with Gasteiger partial charge in [0.1, 0.15) is 17.1 Å². The molecule has 3 nitrogen and oxygen atoms in total. The molecule has 0 radical (unpaired) electrons. The van der Waals surface area contributed by atoms with Crippen LogP contribution in [0.4, 0.5) is 0 Å². The van der Waals surface area contributed by atoms with Crippen molar-refractivity contribution in [1.82, 2.24) is 5.32 Å². The van der Waals surface area contributed by atoms with Crippen molar-refractivity contribution in [2.75, 3.05) is 19.7 Å². The molecule has 2 aliphatic rings. The smallest absolute Gasteiger partial charge is 0.141 e. The van der Waals surface area contributed by atoms with E-state index in [1.54, 1.807) is 0 Å². The molecule has 0 amide bonds. The van der Waals surface area contributed by atoms with Crippen LogP contribution in [0.3, 0.4) is 0 Å². The van der Waals surface area contributed by atoms with Gasteiger partial charge in [0.05, 0.1) is 6.61 Å². The van der Waals surface area contributed by atoms with Crippen LogP contribution < -0.4 is 14.8 Å². The molecule has 0 aromatic heterocycles. The lowest BCUT2D eigenvalue weighted by Crippen LogP contribution is -2.37. The number of nitrogens with one attached hydrogen (secondary N) is 1. The Morgan fingerprint density at radius 2 is 2.41 bits per heavy atom. The first-order chi connectivity index (χ1) is 8.31. The van der Waals surface area contributed by atoms with Gasteiger partial charge < -0.3 is 14.8 Å². The predicted molar refractivity (Wildman–Crippen MR) is 67.5 cm³/mol. The molecule has 1 aromatic rings. The quantitative estimate of drug-likeness (QED) is 0.846. The van der Waals surface area contributed by atoms with Gasteiger partial charge in [-0.3, -0.25) is 0 Å². The van der Waals surface area contributed by atoms with E-state index in [0.717, 1.165) is 36.6 Å². The number of hydrogen-bond donors (Lipinski definition) is 1. The lowest BCUT2D eigenvalue weighted by atomic mass is 9.97. The average molecular weight is 231 g/mol. The maximum atomic E-state index is 6.14. The Balaban J connectivity index is 1.91. The SMILES string of the molecule is CCOc1ccc2c(c1)O[C@]1(C=C2)CCNC1. The van der Waals surface area contributed by atoms with Crippen molar-refractivity contribution >= 4 is 6.08 Å². The second-order valence-electron chi connectivity index (χ2n) is 4.56. The molecule has 0 aliphatic carbocycles. The highest BCUT2D eigenvalue weighted by Crippen LogP contribution is 2.36. The molecule has 1 atom stereocenters. The van der Waals surface area contributed by atoms with Crippen molar-refractivity contribution in [2.45, 2.75) is 18.9 Å². The molecule has 3 rings (SSSR count). The molecule has 90 valence electrons. The van der Waals surface area contributed by atoms with Gasteiger partial charge in [-0.1, -0.05) is 6.08 Å². The topological polar surface area (TPSA) is 30.5 Å². The van der Waals surface area contributed by atoms with Gasteiger partial charge in [0.2, 0.25) is 0 Å². The van der Waals surface area contributed by atoms with E-state index in [4.69, 9.17) is 9.47 Å². The Morgan fingerprint density at radius 1 is 1.47 bits per heavy atom. The molecule has 1 saturated heterocycles. The third kappa shape index (κ3) is 1.91. The van der Waals surface area contributed by atoms with Gasteiger partial charge in [-0.25, -0.2) is 0 Å². The van der Waals surface area contributed by atoms with Crippen molar-refractivity contribution in [2.24, 2.45) is 0 Å². The lowest BCUT2D eigenvalue weighted by Gasteiger charge is -2.30. The first-order valence-corrected chi connectivity index (χ1v) is 6.17. The van der Waals surface area contributed by atoms with Crippen molar-refractivity contribution in [3.63, 3.8) is 0 Å². The van der Waals surface area contributed by atoms with Gasteiger partial charge in [-0.15, -0.1) is 0 Å². The molecular weight excluding hydrogens is 214 g/mol. The summed E-state index contributed by atoms with van der Waals surface area (Å²) in [5.41, 5.74) is 0.990. The second kappa shape index (κ2) is 4.08. The van der Waals surface area contributed by atoms with Crippen molar-refractivity contribution in [1.29, 1.82) is 0 Å². The van der Waals surface area contributed by atoms with Crippen LogP contribution in [0, 0.1) is 0 Å². The summed E-state index contributed by atoms with van der Waals surface area (Å²) >= 11 is 0. The summed E-state index contributed by atoms with van der Waals surface area (Å²) in [4.78, 5) is 0. The first-order valence-electron chi connectivity index (χ1n) is 6.17. The first kappa shape index (κ1) is 10.7.